The predicted octanol–water partition coefficient (Wildman–Crippen LogP) is 4.25. The molecule has 9 heteroatoms. The second-order valence-corrected chi connectivity index (χ2v) is 6.60. The lowest BCUT2D eigenvalue weighted by Crippen LogP contribution is -2.24. The lowest BCUT2D eigenvalue weighted by Gasteiger charge is -2.14. The zero-order valence-corrected chi connectivity index (χ0v) is 16.1. The molecule has 6 nitrogen and oxygen atoms in total. The number of fused-ring (bicyclic) bond motifs is 1. The first-order valence-electron chi connectivity index (χ1n) is 9.03. The van der Waals surface area contributed by atoms with Gasteiger partial charge in [-0.2, -0.15) is 13.2 Å². The summed E-state index contributed by atoms with van der Waals surface area (Å²) in [5, 5.41) is 4.93. The molecule has 0 saturated carbocycles. The number of hydrogen-bond donors (Lipinski definition) is 2. The van der Waals surface area contributed by atoms with Gasteiger partial charge in [0.05, 0.1) is 11.1 Å². The van der Waals surface area contributed by atoms with Crippen LogP contribution >= 0.6 is 0 Å². The molecular weight excluding hydrogens is 399 g/mol. The van der Waals surface area contributed by atoms with Crippen molar-refractivity contribution < 1.29 is 22.8 Å². The second-order valence-electron chi connectivity index (χ2n) is 6.60. The maximum Gasteiger partial charge on any atom is 0.416 e. The van der Waals surface area contributed by atoms with Crippen molar-refractivity contribution in [3.63, 3.8) is 0 Å². The summed E-state index contributed by atoms with van der Waals surface area (Å²) in [6.45, 7) is 3.43. The van der Waals surface area contributed by atoms with Crippen molar-refractivity contribution in [3.05, 3.63) is 70.0 Å². The number of pyridine rings is 1. The minimum Gasteiger partial charge on any atom is -0.347 e. The molecule has 1 aromatic heterocycles. The molecular formula is C21H18F3N3O3. The molecule has 3 aromatic rings. The summed E-state index contributed by atoms with van der Waals surface area (Å²) >= 11 is 0. The number of carbonyl (C=O) groups excluding carboxylic acids is 2. The van der Waals surface area contributed by atoms with E-state index < -0.39 is 23.1 Å². The van der Waals surface area contributed by atoms with E-state index in [1.54, 1.807) is 29.7 Å². The van der Waals surface area contributed by atoms with E-state index in [-0.39, 0.29) is 16.9 Å². The van der Waals surface area contributed by atoms with Gasteiger partial charge >= 0.3 is 6.18 Å². The minimum atomic E-state index is -4.61. The van der Waals surface area contributed by atoms with Crippen LogP contribution < -0.4 is 16.1 Å². The fourth-order valence-corrected chi connectivity index (χ4v) is 3.07. The van der Waals surface area contributed by atoms with E-state index in [9.17, 15) is 27.6 Å². The number of rotatable bonds is 4. The molecule has 0 bridgehead atoms. The number of nitrogens with zero attached hydrogens (tertiary/aromatic N) is 1. The summed E-state index contributed by atoms with van der Waals surface area (Å²) in [6, 6.07) is 9.17. The maximum absolute atomic E-state index is 13.1. The quantitative estimate of drug-likeness (QED) is 0.666. The molecule has 156 valence electrons. The number of aromatic nitrogens is 1. The van der Waals surface area contributed by atoms with Gasteiger partial charge in [-0.15, -0.1) is 0 Å². The van der Waals surface area contributed by atoms with Gasteiger partial charge in [0.2, 0.25) is 11.3 Å². The smallest absolute Gasteiger partial charge is 0.347 e. The third-order valence-corrected chi connectivity index (χ3v) is 4.43. The van der Waals surface area contributed by atoms with Gasteiger partial charge in [0.25, 0.3) is 5.91 Å². The molecule has 0 atom stereocenters. The van der Waals surface area contributed by atoms with E-state index in [0.29, 0.717) is 23.4 Å². The van der Waals surface area contributed by atoms with Gasteiger partial charge in [0, 0.05) is 36.4 Å². The topological polar surface area (TPSA) is 80.2 Å². The lowest BCUT2D eigenvalue weighted by molar-refractivity contribution is -0.137. The minimum absolute atomic E-state index is 0.189. The molecule has 0 unspecified atom stereocenters. The molecule has 2 amide bonds. The highest BCUT2D eigenvalue weighted by Gasteiger charge is 2.31. The monoisotopic (exact) mass is 417 g/mol. The summed E-state index contributed by atoms with van der Waals surface area (Å²) < 4.78 is 40.8. The Labute approximate surface area is 169 Å². The average molecular weight is 417 g/mol. The molecule has 3 rings (SSSR count). The van der Waals surface area contributed by atoms with Crippen molar-refractivity contribution in [1.29, 1.82) is 0 Å². The molecule has 0 spiro atoms. The van der Waals surface area contributed by atoms with Crippen LogP contribution in [0, 0.1) is 0 Å². The van der Waals surface area contributed by atoms with Gasteiger partial charge in [0.15, 0.2) is 0 Å². The van der Waals surface area contributed by atoms with Gasteiger partial charge in [-0.1, -0.05) is 6.07 Å². The van der Waals surface area contributed by atoms with Crippen LogP contribution in [-0.4, -0.2) is 16.4 Å². The predicted molar refractivity (Wildman–Crippen MR) is 108 cm³/mol. The first kappa shape index (κ1) is 21.1. The zero-order valence-electron chi connectivity index (χ0n) is 16.1. The fraction of sp³-hybridized carbons (Fsp3) is 0.190. The van der Waals surface area contributed by atoms with Crippen LogP contribution in [0.15, 0.2) is 53.5 Å². The van der Waals surface area contributed by atoms with Crippen LogP contribution in [-0.2, 0) is 17.5 Å². The Morgan fingerprint density at radius 2 is 1.70 bits per heavy atom. The van der Waals surface area contributed by atoms with E-state index >= 15 is 0 Å². The zero-order chi connectivity index (χ0) is 22.1. The fourth-order valence-electron chi connectivity index (χ4n) is 3.07. The van der Waals surface area contributed by atoms with Crippen LogP contribution in [0.4, 0.5) is 24.5 Å². The molecule has 2 aromatic carbocycles. The largest absolute Gasteiger partial charge is 0.416 e. The normalized spacial score (nSPS) is 11.4. The van der Waals surface area contributed by atoms with Gasteiger partial charge in [0.1, 0.15) is 5.56 Å². The average Bonchev–Trinajstić information content (AvgIpc) is 2.67. The highest BCUT2D eigenvalue weighted by atomic mass is 19.4. The summed E-state index contributed by atoms with van der Waals surface area (Å²) in [5.74, 6) is -1.05. The summed E-state index contributed by atoms with van der Waals surface area (Å²) in [4.78, 5) is 36.7. The summed E-state index contributed by atoms with van der Waals surface area (Å²) in [7, 11) is 0. The summed E-state index contributed by atoms with van der Waals surface area (Å²) in [6.07, 6.45) is -3.29. The third kappa shape index (κ3) is 4.35. The number of hydrogen-bond acceptors (Lipinski definition) is 3. The Hall–Kier alpha value is -3.62. The third-order valence-electron chi connectivity index (χ3n) is 4.43. The van der Waals surface area contributed by atoms with Gasteiger partial charge in [-0.3, -0.25) is 14.4 Å². The van der Waals surface area contributed by atoms with Crippen LogP contribution in [0.2, 0.25) is 0 Å². The number of aryl methyl sites for hydroxylation is 1. The molecule has 0 saturated heterocycles. The molecule has 0 fully saturated rings. The second kappa shape index (κ2) is 8.02. The molecule has 0 aliphatic heterocycles. The van der Waals surface area contributed by atoms with Crippen molar-refractivity contribution >= 4 is 34.1 Å². The van der Waals surface area contributed by atoms with Gasteiger partial charge in [-0.05, 0) is 43.3 Å². The van der Waals surface area contributed by atoms with Crippen molar-refractivity contribution in [3.8, 4) is 0 Å². The van der Waals surface area contributed by atoms with E-state index in [4.69, 9.17) is 0 Å². The Balaban J connectivity index is 2.05. The van der Waals surface area contributed by atoms with Crippen LogP contribution in [0.25, 0.3) is 10.9 Å². The Morgan fingerprint density at radius 3 is 2.30 bits per heavy atom. The number of amides is 2. The first-order chi connectivity index (χ1) is 14.1. The molecule has 30 heavy (non-hydrogen) atoms. The first-order valence-corrected chi connectivity index (χ1v) is 9.03. The molecule has 0 aliphatic rings. The van der Waals surface area contributed by atoms with Gasteiger partial charge in [-0.25, -0.2) is 0 Å². The Bertz CT molecular complexity index is 1200. The van der Waals surface area contributed by atoms with Crippen molar-refractivity contribution in [1.82, 2.24) is 4.57 Å². The van der Waals surface area contributed by atoms with Gasteiger partial charge < -0.3 is 15.2 Å². The number of carbonyl (C=O) groups is 2. The van der Waals surface area contributed by atoms with Crippen molar-refractivity contribution in [2.75, 3.05) is 10.6 Å². The molecule has 0 aliphatic carbocycles. The van der Waals surface area contributed by atoms with Crippen molar-refractivity contribution in [2.24, 2.45) is 0 Å². The van der Waals surface area contributed by atoms with Crippen LogP contribution in [0.5, 0.6) is 0 Å². The Morgan fingerprint density at radius 1 is 1.03 bits per heavy atom. The van der Waals surface area contributed by atoms with E-state index in [0.717, 1.165) is 12.1 Å². The number of benzene rings is 2. The van der Waals surface area contributed by atoms with E-state index in [1.165, 1.54) is 25.3 Å². The molecule has 2 N–H and O–H groups in total. The maximum atomic E-state index is 13.1. The number of halogens is 3. The summed E-state index contributed by atoms with van der Waals surface area (Å²) in [5.41, 5.74) is -0.975. The highest BCUT2D eigenvalue weighted by molar-refractivity contribution is 6.06. The highest BCUT2D eigenvalue weighted by Crippen LogP contribution is 2.31. The van der Waals surface area contributed by atoms with Crippen molar-refractivity contribution in [2.45, 2.75) is 26.6 Å². The lowest BCUT2D eigenvalue weighted by atomic mass is 10.1. The Kier molecular flexibility index (Phi) is 5.64. The number of alkyl halides is 3. The SMILES string of the molecule is CCn1cc(C(=O)Nc2cccc(NC(C)=O)c2)c(=O)c2cc(C(F)(F)F)ccc21. The number of anilines is 2. The van der Waals surface area contributed by atoms with Crippen LogP contribution in [0.1, 0.15) is 29.8 Å². The van der Waals surface area contributed by atoms with Crippen LogP contribution in [0.3, 0.4) is 0 Å². The van der Waals surface area contributed by atoms with E-state index in [2.05, 4.69) is 10.6 Å². The van der Waals surface area contributed by atoms with E-state index in [1.807, 2.05) is 0 Å². The molecule has 0 radical (unpaired) electrons. The standard InChI is InChI=1S/C21H18F3N3O3/c1-3-27-11-17(19(29)16-9-13(21(22,23)24)7-8-18(16)27)20(30)26-15-6-4-5-14(10-15)25-12(2)28/h4-11H,3H2,1-2H3,(H,25,28)(H,26,30). The molecule has 1 heterocycles. The number of nitrogens with one attached hydrogen (secondary N) is 2.